The van der Waals surface area contributed by atoms with Crippen LogP contribution in [0.15, 0.2) is 12.3 Å². The number of pyridine rings is 1. The van der Waals surface area contributed by atoms with Crippen molar-refractivity contribution in [2.24, 2.45) is 0 Å². The number of rotatable bonds is 4. The van der Waals surface area contributed by atoms with E-state index in [0.29, 0.717) is 12.0 Å². The van der Waals surface area contributed by atoms with Crippen molar-refractivity contribution >= 4 is 12.6 Å². The number of aromatic nitrogens is 1. The van der Waals surface area contributed by atoms with E-state index in [4.69, 9.17) is 14.0 Å². The highest BCUT2D eigenvalue weighted by atomic mass is 16.7. The quantitative estimate of drug-likeness (QED) is 0.802. The van der Waals surface area contributed by atoms with Gasteiger partial charge in [0.25, 0.3) is 0 Å². The second kappa shape index (κ2) is 5.24. The minimum absolute atomic E-state index is 0.334. The molecule has 1 saturated carbocycles. The van der Waals surface area contributed by atoms with Crippen LogP contribution in [0.25, 0.3) is 0 Å². The highest BCUT2D eigenvalue weighted by Gasteiger charge is 2.52. The van der Waals surface area contributed by atoms with E-state index in [-0.39, 0.29) is 18.3 Å². The van der Waals surface area contributed by atoms with Crippen molar-refractivity contribution in [2.45, 2.75) is 77.6 Å². The lowest BCUT2D eigenvalue weighted by Crippen LogP contribution is -2.41. The van der Waals surface area contributed by atoms with E-state index in [1.165, 1.54) is 0 Å². The Hall–Kier alpha value is -1.07. The smallest absolute Gasteiger partial charge is 0.489 e. The lowest BCUT2D eigenvalue weighted by Gasteiger charge is -2.32. The van der Waals surface area contributed by atoms with E-state index in [1.54, 1.807) is 0 Å². The zero-order valence-corrected chi connectivity index (χ0v) is 14.5. The van der Waals surface area contributed by atoms with E-state index in [9.17, 15) is 0 Å². The molecule has 1 aliphatic heterocycles. The lowest BCUT2D eigenvalue weighted by atomic mass is 9.80. The summed E-state index contributed by atoms with van der Waals surface area (Å²) < 4.78 is 18.3. The molecule has 1 aromatic rings. The Morgan fingerprint density at radius 1 is 1.18 bits per heavy atom. The topological polar surface area (TPSA) is 40.6 Å². The average Bonchev–Trinajstić information content (AvgIpc) is 3.17. The molecule has 0 unspecified atom stereocenters. The molecule has 0 spiro atoms. The van der Waals surface area contributed by atoms with Crippen molar-refractivity contribution in [3.8, 4) is 5.75 Å². The van der Waals surface area contributed by atoms with Crippen molar-refractivity contribution < 1.29 is 14.0 Å². The van der Waals surface area contributed by atoms with Crippen LogP contribution in [0.4, 0.5) is 0 Å². The molecule has 0 radical (unpaired) electrons. The molecule has 0 atom stereocenters. The van der Waals surface area contributed by atoms with E-state index < -0.39 is 0 Å². The molecule has 0 amide bonds. The summed E-state index contributed by atoms with van der Waals surface area (Å²) in [5.74, 6) is 1.21. The Morgan fingerprint density at radius 2 is 1.77 bits per heavy atom. The van der Waals surface area contributed by atoms with E-state index >= 15 is 0 Å². The summed E-state index contributed by atoms with van der Waals surface area (Å²) in [6, 6.07) is 2.04. The summed E-state index contributed by atoms with van der Waals surface area (Å²) in [6.45, 7) is 12.5. The first kappa shape index (κ1) is 15.8. The van der Waals surface area contributed by atoms with E-state index in [1.807, 2.05) is 12.3 Å². The first-order valence-corrected chi connectivity index (χ1v) is 8.22. The van der Waals surface area contributed by atoms with Gasteiger partial charge in [-0.2, -0.15) is 0 Å². The molecule has 0 bridgehead atoms. The van der Waals surface area contributed by atoms with Crippen LogP contribution >= 0.6 is 0 Å². The largest absolute Gasteiger partial charge is 0.496 e. The van der Waals surface area contributed by atoms with Crippen LogP contribution in [-0.4, -0.2) is 29.4 Å². The van der Waals surface area contributed by atoms with Crippen LogP contribution in [0.3, 0.4) is 0 Å². The van der Waals surface area contributed by atoms with Gasteiger partial charge in [0.1, 0.15) is 5.75 Å². The van der Waals surface area contributed by atoms with E-state index in [2.05, 4.69) is 46.5 Å². The average molecular weight is 303 g/mol. The molecule has 5 heteroatoms. The van der Waals surface area contributed by atoms with Crippen molar-refractivity contribution in [3.63, 3.8) is 0 Å². The van der Waals surface area contributed by atoms with Crippen LogP contribution in [0.5, 0.6) is 5.75 Å². The van der Waals surface area contributed by atoms with Gasteiger partial charge < -0.3 is 14.0 Å². The van der Waals surface area contributed by atoms with Gasteiger partial charge in [-0.1, -0.05) is 13.8 Å². The fraction of sp³-hybridized carbons (Fsp3) is 0.706. The van der Waals surface area contributed by atoms with Gasteiger partial charge in [0, 0.05) is 11.7 Å². The summed E-state index contributed by atoms with van der Waals surface area (Å²) in [6.07, 6.45) is 4.49. The number of nitrogens with zero attached hydrogens (tertiary/aromatic N) is 1. The van der Waals surface area contributed by atoms with Gasteiger partial charge in [-0.3, -0.25) is 4.98 Å². The maximum absolute atomic E-state index is 6.11. The molecule has 2 heterocycles. The molecule has 0 N–H and O–H groups in total. The van der Waals surface area contributed by atoms with Crippen molar-refractivity contribution in [1.82, 2.24) is 4.98 Å². The molecule has 4 nitrogen and oxygen atoms in total. The first-order chi connectivity index (χ1) is 10.2. The molecule has 1 saturated heterocycles. The van der Waals surface area contributed by atoms with Gasteiger partial charge in [0.05, 0.1) is 23.0 Å². The van der Waals surface area contributed by atoms with Crippen molar-refractivity contribution in [3.05, 3.63) is 18.0 Å². The molecule has 3 rings (SSSR count). The van der Waals surface area contributed by atoms with Gasteiger partial charge in [-0.15, -0.1) is 0 Å². The number of hydrogen-bond donors (Lipinski definition) is 0. The molecule has 2 fully saturated rings. The number of ether oxygens (including phenoxy) is 1. The molecule has 1 aromatic heterocycles. The van der Waals surface area contributed by atoms with Gasteiger partial charge >= 0.3 is 7.12 Å². The molecular weight excluding hydrogens is 277 g/mol. The van der Waals surface area contributed by atoms with Crippen LogP contribution < -0.4 is 10.2 Å². The van der Waals surface area contributed by atoms with Crippen molar-refractivity contribution in [1.29, 1.82) is 0 Å². The van der Waals surface area contributed by atoms with Gasteiger partial charge in [0.2, 0.25) is 0 Å². The van der Waals surface area contributed by atoms with Crippen LogP contribution in [0, 0.1) is 0 Å². The molecule has 22 heavy (non-hydrogen) atoms. The van der Waals surface area contributed by atoms with Crippen LogP contribution in [-0.2, 0) is 9.31 Å². The molecule has 1 aliphatic carbocycles. The zero-order chi connectivity index (χ0) is 16.1. The Labute approximate surface area is 133 Å². The standard InChI is InChI=1S/C17H26BNO3/c1-11(2)15-14(20-13-7-8-13)9-12(10-19-15)18-21-16(3,4)17(5,6)22-18/h9-11,13H,7-8H2,1-6H3. The summed E-state index contributed by atoms with van der Waals surface area (Å²) in [5.41, 5.74) is 1.25. The predicted molar refractivity (Wildman–Crippen MR) is 87.7 cm³/mol. The van der Waals surface area contributed by atoms with E-state index in [0.717, 1.165) is 29.7 Å². The molecule has 120 valence electrons. The summed E-state index contributed by atoms with van der Waals surface area (Å²) in [5, 5.41) is 0. The molecule has 0 aromatic carbocycles. The third kappa shape index (κ3) is 2.89. The lowest BCUT2D eigenvalue weighted by molar-refractivity contribution is 0.00578. The maximum Gasteiger partial charge on any atom is 0.496 e. The fourth-order valence-corrected chi connectivity index (χ4v) is 2.47. The third-order valence-electron chi connectivity index (χ3n) is 4.79. The second-order valence-corrected chi connectivity index (χ2v) is 7.71. The Morgan fingerprint density at radius 3 is 2.27 bits per heavy atom. The molecular formula is C17H26BNO3. The fourth-order valence-electron chi connectivity index (χ4n) is 2.47. The van der Waals surface area contributed by atoms with Crippen molar-refractivity contribution in [2.75, 3.05) is 0 Å². The van der Waals surface area contributed by atoms with Crippen LogP contribution in [0.1, 0.15) is 66.0 Å². The zero-order valence-electron chi connectivity index (χ0n) is 14.5. The SMILES string of the molecule is CC(C)c1ncc(B2OC(C)(C)C(C)(C)O2)cc1OC1CC1. The highest BCUT2D eigenvalue weighted by molar-refractivity contribution is 6.62. The minimum Gasteiger partial charge on any atom is -0.489 e. The summed E-state index contributed by atoms with van der Waals surface area (Å²) in [4.78, 5) is 4.61. The highest BCUT2D eigenvalue weighted by Crippen LogP contribution is 2.37. The Balaban J connectivity index is 1.88. The van der Waals surface area contributed by atoms with Gasteiger partial charge in [0.15, 0.2) is 0 Å². The second-order valence-electron chi connectivity index (χ2n) is 7.71. The first-order valence-electron chi connectivity index (χ1n) is 8.22. The maximum atomic E-state index is 6.11. The monoisotopic (exact) mass is 303 g/mol. The van der Waals surface area contributed by atoms with Gasteiger partial charge in [-0.05, 0) is 52.5 Å². The van der Waals surface area contributed by atoms with Gasteiger partial charge in [-0.25, -0.2) is 0 Å². The molecule has 2 aliphatic rings. The summed E-state index contributed by atoms with van der Waals surface area (Å²) in [7, 11) is -0.389. The predicted octanol–water partition coefficient (Wildman–Crippen LogP) is 3.05. The minimum atomic E-state index is -0.389. The summed E-state index contributed by atoms with van der Waals surface area (Å²) >= 11 is 0. The Kier molecular flexibility index (Phi) is 3.77. The Bertz CT molecular complexity index is 551. The normalized spacial score (nSPS) is 23.1. The van der Waals surface area contributed by atoms with Crippen LogP contribution in [0.2, 0.25) is 0 Å². The number of hydrogen-bond acceptors (Lipinski definition) is 4. The third-order valence-corrected chi connectivity index (χ3v) is 4.79.